The number of hydrogen-bond donors (Lipinski definition) is 1. The summed E-state index contributed by atoms with van der Waals surface area (Å²) in [6.07, 6.45) is 0. The lowest BCUT2D eigenvalue weighted by Gasteiger charge is -2.15. The quantitative estimate of drug-likeness (QED) is 0.865. The molecule has 1 unspecified atom stereocenters. The Morgan fingerprint density at radius 3 is 2.40 bits per heavy atom. The topological polar surface area (TPSA) is 30.5 Å². The standard InChI is InChI=1S/C11H16INO2/c1-7(13-2)8-5-9(12)11(15-4)10(6-8)14-3/h5-7,13H,1-4H3. The lowest BCUT2D eigenvalue weighted by molar-refractivity contribution is 0.352. The molecule has 4 heteroatoms. The van der Waals surface area contributed by atoms with Crippen molar-refractivity contribution in [2.75, 3.05) is 21.3 Å². The molecule has 0 aromatic heterocycles. The van der Waals surface area contributed by atoms with Gasteiger partial charge in [-0.15, -0.1) is 0 Å². The summed E-state index contributed by atoms with van der Waals surface area (Å²) in [7, 11) is 5.25. The van der Waals surface area contributed by atoms with E-state index in [1.165, 1.54) is 5.56 Å². The third kappa shape index (κ3) is 2.75. The van der Waals surface area contributed by atoms with Gasteiger partial charge in [-0.2, -0.15) is 0 Å². The third-order valence-electron chi connectivity index (χ3n) is 2.39. The summed E-state index contributed by atoms with van der Waals surface area (Å²) in [4.78, 5) is 0. The van der Waals surface area contributed by atoms with Crippen LogP contribution in [0.25, 0.3) is 0 Å². The van der Waals surface area contributed by atoms with Crippen molar-refractivity contribution in [2.24, 2.45) is 0 Å². The molecule has 0 aliphatic rings. The SMILES string of the molecule is CNC(C)c1cc(I)c(OC)c(OC)c1. The van der Waals surface area contributed by atoms with E-state index in [0.717, 1.165) is 15.1 Å². The lowest BCUT2D eigenvalue weighted by atomic mass is 10.1. The highest BCUT2D eigenvalue weighted by atomic mass is 127. The van der Waals surface area contributed by atoms with Gasteiger partial charge in [-0.05, 0) is 54.3 Å². The second-order valence-corrected chi connectivity index (χ2v) is 4.41. The van der Waals surface area contributed by atoms with Crippen LogP contribution in [0.2, 0.25) is 0 Å². The number of hydrogen-bond acceptors (Lipinski definition) is 3. The van der Waals surface area contributed by atoms with Crippen LogP contribution in [0.3, 0.4) is 0 Å². The third-order valence-corrected chi connectivity index (χ3v) is 3.19. The van der Waals surface area contributed by atoms with Crippen LogP contribution < -0.4 is 14.8 Å². The largest absolute Gasteiger partial charge is 0.493 e. The summed E-state index contributed by atoms with van der Waals surface area (Å²) in [5.41, 5.74) is 1.19. The van der Waals surface area contributed by atoms with Gasteiger partial charge in [0.1, 0.15) is 0 Å². The molecule has 0 amide bonds. The van der Waals surface area contributed by atoms with Crippen molar-refractivity contribution in [3.63, 3.8) is 0 Å². The van der Waals surface area contributed by atoms with Gasteiger partial charge in [0.25, 0.3) is 0 Å². The predicted molar refractivity (Wildman–Crippen MR) is 69.7 cm³/mol. The maximum atomic E-state index is 5.29. The molecule has 0 aliphatic heterocycles. The first-order valence-corrected chi connectivity index (χ1v) is 5.80. The van der Waals surface area contributed by atoms with Crippen LogP contribution in [0.15, 0.2) is 12.1 Å². The van der Waals surface area contributed by atoms with Crippen LogP contribution in [-0.4, -0.2) is 21.3 Å². The normalized spacial score (nSPS) is 12.3. The van der Waals surface area contributed by atoms with E-state index in [1.54, 1.807) is 14.2 Å². The lowest BCUT2D eigenvalue weighted by Crippen LogP contribution is -2.12. The fraction of sp³-hybridized carbons (Fsp3) is 0.455. The molecule has 84 valence electrons. The van der Waals surface area contributed by atoms with Crippen LogP contribution in [0.4, 0.5) is 0 Å². The van der Waals surface area contributed by atoms with Crippen molar-refractivity contribution in [1.82, 2.24) is 5.32 Å². The first kappa shape index (κ1) is 12.6. The first-order valence-electron chi connectivity index (χ1n) is 4.72. The average Bonchev–Trinajstić information content (AvgIpc) is 2.26. The van der Waals surface area contributed by atoms with Gasteiger partial charge >= 0.3 is 0 Å². The number of benzene rings is 1. The minimum absolute atomic E-state index is 0.304. The van der Waals surface area contributed by atoms with Crippen molar-refractivity contribution >= 4 is 22.6 Å². The number of rotatable bonds is 4. The molecule has 15 heavy (non-hydrogen) atoms. The highest BCUT2D eigenvalue weighted by Gasteiger charge is 2.12. The van der Waals surface area contributed by atoms with E-state index in [9.17, 15) is 0 Å². The first-order chi connectivity index (χ1) is 7.13. The van der Waals surface area contributed by atoms with Gasteiger partial charge in [-0.25, -0.2) is 0 Å². The smallest absolute Gasteiger partial charge is 0.174 e. The van der Waals surface area contributed by atoms with Crippen LogP contribution in [-0.2, 0) is 0 Å². The highest BCUT2D eigenvalue weighted by molar-refractivity contribution is 14.1. The summed E-state index contributed by atoms with van der Waals surface area (Å²) in [5.74, 6) is 1.58. The van der Waals surface area contributed by atoms with Crippen LogP contribution >= 0.6 is 22.6 Å². The zero-order valence-electron chi connectivity index (χ0n) is 9.43. The molecule has 0 spiro atoms. The van der Waals surface area contributed by atoms with Gasteiger partial charge in [0, 0.05) is 6.04 Å². The van der Waals surface area contributed by atoms with Gasteiger partial charge in [-0.3, -0.25) is 0 Å². The Hall–Kier alpha value is -0.490. The predicted octanol–water partition coefficient (Wildman–Crippen LogP) is 2.59. The minimum atomic E-state index is 0.304. The highest BCUT2D eigenvalue weighted by Crippen LogP contribution is 2.35. The second kappa shape index (κ2) is 5.55. The number of ether oxygens (including phenoxy) is 2. The van der Waals surface area contributed by atoms with Gasteiger partial charge in [-0.1, -0.05) is 0 Å². The number of nitrogens with one attached hydrogen (secondary N) is 1. The second-order valence-electron chi connectivity index (χ2n) is 3.25. The molecule has 0 radical (unpaired) electrons. The Morgan fingerprint density at radius 1 is 1.27 bits per heavy atom. The van der Waals surface area contributed by atoms with Crippen molar-refractivity contribution in [1.29, 1.82) is 0 Å². The zero-order chi connectivity index (χ0) is 11.4. The number of halogens is 1. The molecule has 1 atom stereocenters. The van der Waals surface area contributed by atoms with Crippen molar-refractivity contribution in [3.8, 4) is 11.5 Å². The van der Waals surface area contributed by atoms with Crippen LogP contribution in [0, 0.1) is 3.57 Å². The van der Waals surface area contributed by atoms with E-state index in [-0.39, 0.29) is 0 Å². The van der Waals surface area contributed by atoms with E-state index in [4.69, 9.17) is 9.47 Å². The summed E-state index contributed by atoms with van der Waals surface area (Å²) < 4.78 is 11.6. The van der Waals surface area contributed by atoms with E-state index in [0.29, 0.717) is 6.04 Å². The molecule has 0 saturated carbocycles. The molecule has 0 bridgehead atoms. The monoisotopic (exact) mass is 321 g/mol. The van der Waals surface area contributed by atoms with Crippen molar-refractivity contribution < 1.29 is 9.47 Å². The molecule has 1 rings (SSSR count). The maximum absolute atomic E-state index is 5.29. The Labute approximate surface area is 104 Å². The molecule has 1 aromatic carbocycles. The molecule has 3 nitrogen and oxygen atoms in total. The van der Waals surface area contributed by atoms with Crippen molar-refractivity contribution in [2.45, 2.75) is 13.0 Å². The summed E-state index contributed by atoms with van der Waals surface area (Å²) >= 11 is 2.25. The minimum Gasteiger partial charge on any atom is -0.493 e. The summed E-state index contributed by atoms with van der Waals surface area (Å²) in [5, 5.41) is 3.20. The molecule has 0 heterocycles. The van der Waals surface area contributed by atoms with Crippen LogP contribution in [0.1, 0.15) is 18.5 Å². The molecule has 0 aliphatic carbocycles. The molecule has 0 fully saturated rings. The Balaban J connectivity index is 3.19. The number of methoxy groups -OCH3 is 2. The van der Waals surface area contributed by atoms with Gasteiger partial charge in [0.05, 0.1) is 17.8 Å². The summed E-state index contributed by atoms with van der Waals surface area (Å²) in [6.45, 7) is 2.11. The fourth-order valence-electron chi connectivity index (χ4n) is 1.35. The fourth-order valence-corrected chi connectivity index (χ4v) is 2.20. The van der Waals surface area contributed by atoms with Gasteiger partial charge in [0.15, 0.2) is 11.5 Å². The summed E-state index contributed by atoms with van der Waals surface area (Å²) in [6, 6.07) is 4.41. The maximum Gasteiger partial charge on any atom is 0.174 e. The Morgan fingerprint density at radius 2 is 1.93 bits per heavy atom. The van der Waals surface area contributed by atoms with Crippen LogP contribution in [0.5, 0.6) is 11.5 Å². The Kier molecular flexibility index (Phi) is 4.66. The average molecular weight is 321 g/mol. The van der Waals surface area contributed by atoms with Crippen molar-refractivity contribution in [3.05, 3.63) is 21.3 Å². The van der Waals surface area contributed by atoms with Gasteiger partial charge < -0.3 is 14.8 Å². The zero-order valence-corrected chi connectivity index (χ0v) is 11.6. The molecular weight excluding hydrogens is 305 g/mol. The van der Waals surface area contributed by atoms with E-state index < -0.39 is 0 Å². The Bertz CT molecular complexity index is 342. The molecule has 1 N–H and O–H groups in total. The molecular formula is C11H16INO2. The molecule has 0 saturated heterocycles. The van der Waals surface area contributed by atoms with E-state index in [1.807, 2.05) is 13.1 Å². The van der Waals surface area contributed by atoms with Gasteiger partial charge in [0.2, 0.25) is 0 Å². The molecule has 1 aromatic rings. The van der Waals surface area contributed by atoms with E-state index in [2.05, 4.69) is 40.9 Å². The van der Waals surface area contributed by atoms with E-state index >= 15 is 0 Å².